The zero-order valence-electron chi connectivity index (χ0n) is 7.94. The van der Waals surface area contributed by atoms with Crippen LogP contribution in [0.3, 0.4) is 0 Å². The molecule has 0 radical (unpaired) electrons. The first-order valence-electron chi connectivity index (χ1n) is 5.07. The van der Waals surface area contributed by atoms with Crippen LogP contribution < -0.4 is 11.1 Å². The lowest BCUT2D eigenvalue weighted by molar-refractivity contribution is 0.0160. The highest BCUT2D eigenvalue weighted by Gasteiger charge is 2.40. The van der Waals surface area contributed by atoms with Gasteiger partial charge in [0.1, 0.15) is 0 Å². The molecule has 74 valence electrons. The van der Waals surface area contributed by atoms with E-state index in [9.17, 15) is 0 Å². The van der Waals surface area contributed by atoms with Gasteiger partial charge in [0.15, 0.2) is 0 Å². The van der Waals surface area contributed by atoms with Crippen molar-refractivity contribution < 1.29 is 4.74 Å². The van der Waals surface area contributed by atoms with E-state index in [4.69, 9.17) is 10.5 Å². The minimum atomic E-state index is 0.231. The van der Waals surface area contributed by atoms with Gasteiger partial charge in [-0.3, -0.25) is 0 Å². The van der Waals surface area contributed by atoms with Gasteiger partial charge in [-0.1, -0.05) is 12.1 Å². The first-order chi connectivity index (χ1) is 6.83. The van der Waals surface area contributed by atoms with Crippen LogP contribution in [0, 0.1) is 0 Å². The third-order valence-electron chi connectivity index (χ3n) is 3.09. The molecule has 0 spiro atoms. The van der Waals surface area contributed by atoms with Crippen molar-refractivity contribution in [1.82, 2.24) is 5.32 Å². The molecular formula is C11H14N2O. The predicted molar refractivity (Wildman–Crippen MR) is 54.9 cm³/mol. The van der Waals surface area contributed by atoms with Crippen molar-refractivity contribution in [3.63, 3.8) is 0 Å². The Bertz CT molecular complexity index is 336. The maximum atomic E-state index is 5.88. The average molecular weight is 190 g/mol. The second kappa shape index (κ2) is 2.97. The topological polar surface area (TPSA) is 47.3 Å². The van der Waals surface area contributed by atoms with Crippen LogP contribution in [-0.2, 0) is 4.74 Å². The van der Waals surface area contributed by atoms with Crippen LogP contribution in [0.2, 0.25) is 0 Å². The van der Waals surface area contributed by atoms with Gasteiger partial charge in [-0.05, 0) is 24.1 Å². The molecule has 1 aromatic carbocycles. The molecule has 3 N–H and O–H groups in total. The van der Waals surface area contributed by atoms with Gasteiger partial charge < -0.3 is 15.8 Å². The standard InChI is InChI=1S/C11H14N2O/c12-8-3-1-7(2-4-8)11-10-5-9(14-11)6-13-10/h1-4,9-11,13H,5-6,12H2. The molecule has 3 atom stereocenters. The number of nitrogens with one attached hydrogen (secondary N) is 1. The smallest absolute Gasteiger partial charge is 0.0983 e. The average Bonchev–Trinajstić information content (AvgIpc) is 2.80. The lowest BCUT2D eigenvalue weighted by Gasteiger charge is -2.23. The number of hydrogen-bond donors (Lipinski definition) is 2. The Morgan fingerprint density at radius 2 is 2.07 bits per heavy atom. The van der Waals surface area contributed by atoms with Gasteiger partial charge >= 0.3 is 0 Å². The van der Waals surface area contributed by atoms with Crippen molar-refractivity contribution in [3.05, 3.63) is 29.8 Å². The predicted octanol–water partition coefficient (Wildman–Crippen LogP) is 1.07. The Balaban J connectivity index is 1.86. The van der Waals surface area contributed by atoms with Crippen LogP contribution in [0.15, 0.2) is 24.3 Å². The summed E-state index contributed by atoms with van der Waals surface area (Å²) in [5.41, 5.74) is 7.69. The molecule has 2 aliphatic rings. The molecule has 1 aromatic rings. The van der Waals surface area contributed by atoms with E-state index in [-0.39, 0.29) is 6.10 Å². The van der Waals surface area contributed by atoms with Crippen LogP contribution in [0.4, 0.5) is 5.69 Å². The van der Waals surface area contributed by atoms with Crippen molar-refractivity contribution in [2.45, 2.75) is 24.7 Å². The number of rotatable bonds is 1. The molecule has 0 aromatic heterocycles. The molecule has 2 bridgehead atoms. The molecule has 0 amide bonds. The monoisotopic (exact) mass is 190 g/mol. The van der Waals surface area contributed by atoms with E-state index in [1.165, 1.54) is 5.56 Å². The highest BCUT2D eigenvalue weighted by atomic mass is 16.5. The second-order valence-corrected chi connectivity index (χ2v) is 4.10. The lowest BCUT2D eigenvalue weighted by atomic mass is 10.0. The number of fused-ring (bicyclic) bond motifs is 2. The van der Waals surface area contributed by atoms with Gasteiger partial charge in [-0.25, -0.2) is 0 Å². The fraction of sp³-hybridized carbons (Fsp3) is 0.455. The molecule has 0 aliphatic carbocycles. The minimum absolute atomic E-state index is 0.231. The number of anilines is 1. The summed E-state index contributed by atoms with van der Waals surface area (Å²) in [6, 6.07) is 8.49. The Hall–Kier alpha value is -1.06. The molecule has 3 nitrogen and oxygen atoms in total. The zero-order chi connectivity index (χ0) is 9.54. The van der Waals surface area contributed by atoms with Crippen LogP contribution in [0.5, 0.6) is 0 Å². The van der Waals surface area contributed by atoms with Crippen molar-refractivity contribution in [2.24, 2.45) is 0 Å². The van der Waals surface area contributed by atoms with Gasteiger partial charge in [0.2, 0.25) is 0 Å². The van der Waals surface area contributed by atoms with E-state index >= 15 is 0 Å². The number of hydrogen-bond acceptors (Lipinski definition) is 3. The summed E-state index contributed by atoms with van der Waals surface area (Å²) in [5.74, 6) is 0. The summed E-state index contributed by atoms with van der Waals surface area (Å²) < 4.78 is 5.88. The lowest BCUT2D eigenvalue weighted by Crippen LogP contribution is -2.33. The number of nitrogen functional groups attached to an aromatic ring is 1. The van der Waals surface area contributed by atoms with Gasteiger partial charge in [0, 0.05) is 18.3 Å². The number of morpholine rings is 1. The molecule has 2 heterocycles. The summed E-state index contributed by atoms with van der Waals surface area (Å²) in [6.07, 6.45) is 1.80. The van der Waals surface area contributed by atoms with Crippen molar-refractivity contribution in [1.29, 1.82) is 0 Å². The number of ether oxygens (including phenoxy) is 1. The third-order valence-corrected chi connectivity index (χ3v) is 3.09. The summed E-state index contributed by atoms with van der Waals surface area (Å²) in [7, 11) is 0. The van der Waals surface area contributed by atoms with Crippen LogP contribution in [-0.4, -0.2) is 18.7 Å². The van der Waals surface area contributed by atoms with E-state index < -0.39 is 0 Å². The van der Waals surface area contributed by atoms with Crippen LogP contribution in [0.25, 0.3) is 0 Å². The maximum Gasteiger partial charge on any atom is 0.0983 e. The van der Waals surface area contributed by atoms with Crippen molar-refractivity contribution >= 4 is 5.69 Å². The minimum Gasteiger partial charge on any atom is -0.399 e. The van der Waals surface area contributed by atoms with Crippen LogP contribution in [0.1, 0.15) is 18.1 Å². The zero-order valence-corrected chi connectivity index (χ0v) is 7.94. The fourth-order valence-corrected chi connectivity index (χ4v) is 2.37. The number of nitrogens with two attached hydrogens (primary N) is 1. The fourth-order valence-electron chi connectivity index (χ4n) is 2.37. The highest BCUT2D eigenvalue weighted by molar-refractivity contribution is 5.40. The van der Waals surface area contributed by atoms with E-state index in [0.717, 1.165) is 18.7 Å². The van der Waals surface area contributed by atoms with Crippen molar-refractivity contribution in [3.8, 4) is 0 Å². The number of benzene rings is 1. The first kappa shape index (κ1) is 8.26. The molecule has 0 saturated carbocycles. The largest absolute Gasteiger partial charge is 0.399 e. The Kier molecular flexibility index (Phi) is 1.75. The molecule has 2 aliphatic heterocycles. The van der Waals surface area contributed by atoms with Gasteiger partial charge in [-0.2, -0.15) is 0 Å². The summed E-state index contributed by atoms with van der Waals surface area (Å²) in [4.78, 5) is 0. The molecule has 3 heteroatoms. The summed E-state index contributed by atoms with van der Waals surface area (Å²) in [5, 5.41) is 3.46. The van der Waals surface area contributed by atoms with Crippen molar-refractivity contribution in [2.75, 3.05) is 12.3 Å². The van der Waals surface area contributed by atoms with Gasteiger partial charge in [0.25, 0.3) is 0 Å². The molecule has 14 heavy (non-hydrogen) atoms. The first-order valence-corrected chi connectivity index (χ1v) is 5.07. The van der Waals surface area contributed by atoms with E-state index in [0.29, 0.717) is 12.1 Å². The second-order valence-electron chi connectivity index (χ2n) is 4.10. The van der Waals surface area contributed by atoms with E-state index in [2.05, 4.69) is 17.4 Å². The quantitative estimate of drug-likeness (QED) is 0.651. The SMILES string of the molecule is Nc1ccc(C2OC3CNC2C3)cc1. The van der Waals surface area contributed by atoms with Gasteiger partial charge in [0.05, 0.1) is 12.2 Å². The maximum absolute atomic E-state index is 5.88. The Morgan fingerprint density at radius 3 is 2.64 bits per heavy atom. The normalized spacial score (nSPS) is 35.0. The molecule has 3 rings (SSSR count). The highest BCUT2D eigenvalue weighted by Crippen LogP contribution is 2.36. The Morgan fingerprint density at radius 1 is 1.29 bits per heavy atom. The van der Waals surface area contributed by atoms with Crippen LogP contribution >= 0.6 is 0 Å². The molecule has 3 unspecified atom stereocenters. The Labute approximate surface area is 83.2 Å². The van der Waals surface area contributed by atoms with Gasteiger partial charge in [-0.15, -0.1) is 0 Å². The van der Waals surface area contributed by atoms with E-state index in [1.54, 1.807) is 0 Å². The summed E-state index contributed by atoms with van der Waals surface area (Å²) >= 11 is 0. The molecule has 2 saturated heterocycles. The molecular weight excluding hydrogens is 176 g/mol. The summed E-state index contributed by atoms with van der Waals surface area (Å²) in [6.45, 7) is 1.01. The third kappa shape index (κ3) is 1.21. The van der Waals surface area contributed by atoms with E-state index in [1.807, 2.05) is 12.1 Å². The molecule has 2 fully saturated rings.